The number of benzene rings is 5. The molecule has 0 fully saturated rings. The summed E-state index contributed by atoms with van der Waals surface area (Å²) >= 11 is 0. The van der Waals surface area contributed by atoms with Crippen molar-refractivity contribution in [1.82, 2.24) is 0 Å². The monoisotopic (exact) mass is 552 g/mol. The SMILES string of the molecule is O=C1c2ccc(Oc3ccc(Oc4ccc5c(c4)C(=O)N(c4ccccc4)C5=O)cc3)cc2C(=O)N1c1ccccc1. The number of nitrogens with zero attached hydrogens (tertiary/aromatic N) is 2. The van der Waals surface area contributed by atoms with Gasteiger partial charge >= 0.3 is 0 Å². The van der Waals surface area contributed by atoms with E-state index in [0.29, 0.717) is 45.5 Å². The zero-order chi connectivity index (χ0) is 28.8. The fourth-order valence-electron chi connectivity index (χ4n) is 5.04. The van der Waals surface area contributed by atoms with Crippen LogP contribution in [0.4, 0.5) is 11.4 Å². The van der Waals surface area contributed by atoms with Gasteiger partial charge in [0, 0.05) is 0 Å². The van der Waals surface area contributed by atoms with E-state index in [1.54, 1.807) is 109 Å². The van der Waals surface area contributed by atoms with E-state index < -0.39 is 11.8 Å². The lowest BCUT2D eigenvalue weighted by molar-refractivity contribution is 0.0910. The van der Waals surface area contributed by atoms with Crippen molar-refractivity contribution in [2.75, 3.05) is 9.80 Å². The number of hydrogen-bond acceptors (Lipinski definition) is 6. The molecule has 5 aromatic rings. The van der Waals surface area contributed by atoms with Crippen LogP contribution in [0.3, 0.4) is 0 Å². The first-order valence-corrected chi connectivity index (χ1v) is 13.1. The van der Waals surface area contributed by atoms with E-state index in [1.165, 1.54) is 0 Å². The third-order valence-electron chi connectivity index (χ3n) is 7.04. The Morgan fingerprint density at radius 2 is 0.690 bits per heavy atom. The summed E-state index contributed by atoms with van der Waals surface area (Å²) in [7, 11) is 0. The number of rotatable bonds is 6. The molecule has 0 radical (unpaired) electrons. The van der Waals surface area contributed by atoms with Crippen LogP contribution in [0.15, 0.2) is 121 Å². The van der Waals surface area contributed by atoms with Gasteiger partial charge in [-0.2, -0.15) is 0 Å². The van der Waals surface area contributed by atoms with Crippen molar-refractivity contribution < 1.29 is 28.7 Å². The minimum Gasteiger partial charge on any atom is -0.457 e. The minimum absolute atomic E-state index is 0.275. The predicted molar refractivity (Wildman–Crippen MR) is 155 cm³/mol. The van der Waals surface area contributed by atoms with E-state index in [1.807, 2.05) is 12.1 Å². The average molecular weight is 553 g/mol. The molecule has 0 N–H and O–H groups in total. The van der Waals surface area contributed by atoms with Gasteiger partial charge in [-0.3, -0.25) is 19.2 Å². The van der Waals surface area contributed by atoms with Crippen molar-refractivity contribution in [3.05, 3.63) is 144 Å². The molecule has 202 valence electrons. The fraction of sp³-hybridized carbons (Fsp3) is 0. The first-order chi connectivity index (χ1) is 20.5. The second kappa shape index (κ2) is 9.87. The lowest BCUT2D eigenvalue weighted by atomic mass is 10.1. The summed E-state index contributed by atoms with van der Waals surface area (Å²) in [5.41, 5.74) is 2.21. The number of carbonyl (C=O) groups excluding carboxylic acids is 4. The van der Waals surface area contributed by atoms with Crippen molar-refractivity contribution in [3.63, 3.8) is 0 Å². The zero-order valence-electron chi connectivity index (χ0n) is 21.9. The number of para-hydroxylation sites is 2. The number of ether oxygens (including phenoxy) is 2. The largest absolute Gasteiger partial charge is 0.457 e. The van der Waals surface area contributed by atoms with Crippen LogP contribution in [0.5, 0.6) is 23.0 Å². The van der Waals surface area contributed by atoms with Crippen LogP contribution in [0, 0.1) is 0 Å². The summed E-state index contributed by atoms with van der Waals surface area (Å²) in [6, 6.07) is 33.9. The van der Waals surface area contributed by atoms with Gasteiger partial charge in [0.1, 0.15) is 23.0 Å². The van der Waals surface area contributed by atoms with E-state index in [-0.39, 0.29) is 22.9 Å². The highest BCUT2D eigenvalue weighted by Gasteiger charge is 2.38. The molecular formula is C34H20N2O6. The van der Waals surface area contributed by atoms with E-state index in [9.17, 15) is 19.2 Å². The maximum Gasteiger partial charge on any atom is 0.266 e. The molecule has 0 bridgehead atoms. The average Bonchev–Trinajstić information content (AvgIpc) is 3.42. The number of carbonyl (C=O) groups is 4. The molecule has 8 heteroatoms. The van der Waals surface area contributed by atoms with Crippen LogP contribution in [0.25, 0.3) is 0 Å². The molecule has 2 heterocycles. The van der Waals surface area contributed by atoms with Crippen molar-refractivity contribution in [2.45, 2.75) is 0 Å². The van der Waals surface area contributed by atoms with E-state index in [0.717, 1.165) is 9.80 Å². The molecule has 8 nitrogen and oxygen atoms in total. The third kappa shape index (κ3) is 4.18. The second-order valence-electron chi connectivity index (χ2n) is 9.65. The van der Waals surface area contributed by atoms with Crippen LogP contribution in [-0.2, 0) is 0 Å². The van der Waals surface area contributed by atoms with Gasteiger partial charge in [0.05, 0.1) is 33.6 Å². The third-order valence-corrected chi connectivity index (χ3v) is 7.04. The summed E-state index contributed by atoms with van der Waals surface area (Å²) in [5, 5.41) is 0. The predicted octanol–water partition coefficient (Wildman–Crippen LogP) is 6.87. The summed E-state index contributed by atoms with van der Waals surface area (Å²) < 4.78 is 11.9. The summed E-state index contributed by atoms with van der Waals surface area (Å²) in [6.45, 7) is 0. The Bertz CT molecular complexity index is 1760. The first-order valence-electron chi connectivity index (χ1n) is 13.1. The van der Waals surface area contributed by atoms with Gasteiger partial charge in [0.25, 0.3) is 23.6 Å². The zero-order valence-corrected chi connectivity index (χ0v) is 21.9. The minimum atomic E-state index is -0.406. The van der Waals surface area contributed by atoms with Gasteiger partial charge in [-0.1, -0.05) is 36.4 Å². The molecule has 2 aliphatic heterocycles. The summed E-state index contributed by atoms with van der Waals surface area (Å²) in [6.07, 6.45) is 0. The van der Waals surface area contributed by atoms with Crippen molar-refractivity contribution in [2.24, 2.45) is 0 Å². The Hall–Kier alpha value is -6.02. The summed E-state index contributed by atoms with van der Waals surface area (Å²) in [4.78, 5) is 54.1. The molecule has 4 amide bonds. The van der Waals surface area contributed by atoms with Crippen molar-refractivity contribution in [1.29, 1.82) is 0 Å². The highest BCUT2D eigenvalue weighted by atomic mass is 16.5. The van der Waals surface area contributed by atoms with Gasteiger partial charge in [-0.05, 0) is 84.9 Å². The maximum absolute atomic E-state index is 13.0. The number of anilines is 2. The molecule has 42 heavy (non-hydrogen) atoms. The number of amides is 4. The van der Waals surface area contributed by atoms with Gasteiger partial charge in [-0.25, -0.2) is 9.80 Å². The molecule has 0 atom stereocenters. The fourth-order valence-corrected chi connectivity index (χ4v) is 5.04. The standard InChI is InChI=1S/C34H20N2O6/c37-31-27-17-15-25(19-29(27)33(39)35(31)21-7-3-1-4-8-21)41-23-11-13-24(14-12-23)42-26-16-18-28-30(20-26)34(40)36(32(28)38)22-9-5-2-6-10-22/h1-20H. The van der Waals surface area contributed by atoms with E-state index >= 15 is 0 Å². The van der Waals surface area contributed by atoms with E-state index in [2.05, 4.69) is 0 Å². The van der Waals surface area contributed by atoms with Gasteiger partial charge < -0.3 is 9.47 Å². The Balaban J connectivity index is 1.05. The lowest BCUT2D eigenvalue weighted by Crippen LogP contribution is -2.29. The van der Waals surface area contributed by atoms with E-state index in [4.69, 9.17) is 9.47 Å². The Kier molecular flexibility index (Phi) is 5.87. The highest BCUT2D eigenvalue weighted by molar-refractivity contribution is 6.35. The molecule has 0 saturated carbocycles. The van der Waals surface area contributed by atoms with Crippen LogP contribution in [0.1, 0.15) is 41.4 Å². The molecule has 0 saturated heterocycles. The quantitative estimate of drug-likeness (QED) is 0.213. The molecule has 2 aliphatic rings. The normalized spacial score (nSPS) is 13.8. The summed E-state index contributed by atoms with van der Waals surface area (Å²) in [5.74, 6) is 0.235. The topological polar surface area (TPSA) is 93.2 Å². The lowest BCUT2D eigenvalue weighted by Gasteiger charge is -2.13. The van der Waals surface area contributed by atoms with Gasteiger partial charge in [-0.15, -0.1) is 0 Å². The maximum atomic E-state index is 13.0. The number of hydrogen-bond donors (Lipinski definition) is 0. The van der Waals surface area contributed by atoms with Crippen molar-refractivity contribution in [3.8, 4) is 23.0 Å². The number of fused-ring (bicyclic) bond motifs is 2. The highest BCUT2D eigenvalue weighted by Crippen LogP contribution is 2.35. The van der Waals surface area contributed by atoms with Gasteiger partial charge in [0.15, 0.2) is 0 Å². The molecule has 5 aromatic carbocycles. The molecule has 7 rings (SSSR count). The number of imide groups is 2. The molecular weight excluding hydrogens is 532 g/mol. The Labute approximate surface area is 240 Å². The Morgan fingerprint density at radius 3 is 1.07 bits per heavy atom. The van der Waals surface area contributed by atoms with Crippen molar-refractivity contribution >= 4 is 35.0 Å². The van der Waals surface area contributed by atoms with Crippen LogP contribution in [-0.4, -0.2) is 23.6 Å². The second-order valence-corrected chi connectivity index (χ2v) is 9.65. The first kappa shape index (κ1) is 25.0. The molecule has 0 aromatic heterocycles. The molecule has 0 unspecified atom stereocenters. The smallest absolute Gasteiger partial charge is 0.266 e. The van der Waals surface area contributed by atoms with Crippen LogP contribution < -0.4 is 19.3 Å². The van der Waals surface area contributed by atoms with Crippen LogP contribution >= 0.6 is 0 Å². The Morgan fingerprint density at radius 1 is 0.357 bits per heavy atom. The molecule has 0 aliphatic carbocycles. The van der Waals surface area contributed by atoms with Gasteiger partial charge in [0.2, 0.25) is 0 Å². The molecule has 0 spiro atoms. The van der Waals surface area contributed by atoms with Crippen LogP contribution in [0.2, 0.25) is 0 Å².